The van der Waals surface area contributed by atoms with Gasteiger partial charge in [-0.2, -0.15) is 0 Å². The Bertz CT molecular complexity index is 480. The molecular weight excluding hydrogens is 328 g/mol. The average molecular weight is 363 g/mol. The number of ether oxygens (including phenoxy) is 1. The number of nitrogens with zero attached hydrogens (tertiary/aromatic N) is 2. The Morgan fingerprint density at radius 1 is 1.38 bits per heavy atom. The average Bonchev–Trinajstić information content (AvgIpc) is 2.47. The van der Waals surface area contributed by atoms with Gasteiger partial charge < -0.3 is 15.4 Å². The van der Waals surface area contributed by atoms with E-state index in [9.17, 15) is 8.42 Å². The van der Waals surface area contributed by atoms with Gasteiger partial charge in [0.15, 0.2) is 5.96 Å². The summed E-state index contributed by atoms with van der Waals surface area (Å²) in [5.41, 5.74) is 0. The maximum absolute atomic E-state index is 11.1. The predicted molar refractivity (Wildman–Crippen MR) is 99.3 cm³/mol. The first-order valence-corrected chi connectivity index (χ1v) is 10.9. The van der Waals surface area contributed by atoms with Crippen molar-refractivity contribution in [1.29, 1.82) is 0 Å². The summed E-state index contributed by atoms with van der Waals surface area (Å²) in [6, 6.07) is 0. The summed E-state index contributed by atoms with van der Waals surface area (Å²) in [6.07, 6.45) is 1.95. The summed E-state index contributed by atoms with van der Waals surface area (Å²) in [7, 11) is -2.91. The van der Waals surface area contributed by atoms with E-state index in [2.05, 4.69) is 34.4 Å². The quantitative estimate of drug-likeness (QED) is 0.349. The first-order valence-electron chi connectivity index (χ1n) is 8.84. The fourth-order valence-corrected chi connectivity index (χ4v) is 3.32. The number of hydrogen-bond donors (Lipinski definition) is 2. The van der Waals surface area contributed by atoms with Crippen LogP contribution in [0.4, 0.5) is 0 Å². The van der Waals surface area contributed by atoms with Crippen LogP contribution in [0, 0.1) is 5.92 Å². The molecule has 1 heterocycles. The fraction of sp³-hybridized carbons (Fsp3) is 0.938. The van der Waals surface area contributed by atoms with Crippen molar-refractivity contribution in [2.45, 2.75) is 33.3 Å². The van der Waals surface area contributed by atoms with Crippen molar-refractivity contribution >= 4 is 15.8 Å². The first-order chi connectivity index (χ1) is 11.3. The van der Waals surface area contributed by atoms with Crippen LogP contribution in [0.2, 0.25) is 0 Å². The molecule has 0 spiro atoms. The van der Waals surface area contributed by atoms with Crippen molar-refractivity contribution in [1.82, 2.24) is 15.5 Å². The molecular formula is C16H34N4O3S. The maximum atomic E-state index is 11.1. The monoisotopic (exact) mass is 362 g/mol. The van der Waals surface area contributed by atoms with Gasteiger partial charge in [-0.1, -0.05) is 13.8 Å². The third kappa shape index (κ3) is 10.1. The van der Waals surface area contributed by atoms with Gasteiger partial charge >= 0.3 is 0 Å². The summed E-state index contributed by atoms with van der Waals surface area (Å²) in [5.74, 6) is 1.56. The smallest absolute Gasteiger partial charge is 0.191 e. The van der Waals surface area contributed by atoms with Gasteiger partial charge in [0.1, 0.15) is 9.84 Å². The molecule has 0 aliphatic carbocycles. The molecule has 0 radical (unpaired) electrons. The Kier molecular flexibility index (Phi) is 9.61. The van der Waals surface area contributed by atoms with Crippen molar-refractivity contribution in [2.24, 2.45) is 10.9 Å². The van der Waals surface area contributed by atoms with E-state index in [0.717, 1.165) is 38.7 Å². The summed E-state index contributed by atoms with van der Waals surface area (Å²) < 4.78 is 28.1. The lowest BCUT2D eigenvalue weighted by Gasteiger charge is -2.33. The highest BCUT2D eigenvalue weighted by Gasteiger charge is 2.20. The number of hydrogen-bond acceptors (Lipinski definition) is 5. The van der Waals surface area contributed by atoms with Crippen LogP contribution in [-0.4, -0.2) is 83.3 Å². The van der Waals surface area contributed by atoms with Crippen molar-refractivity contribution < 1.29 is 13.2 Å². The Labute approximate surface area is 147 Å². The van der Waals surface area contributed by atoms with E-state index in [1.54, 1.807) is 0 Å². The summed E-state index contributed by atoms with van der Waals surface area (Å²) in [5, 5.41) is 6.37. The van der Waals surface area contributed by atoms with Crippen LogP contribution in [0.3, 0.4) is 0 Å². The van der Waals surface area contributed by atoms with Crippen LogP contribution in [0.5, 0.6) is 0 Å². The molecule has 8 heteroatoms. The molecule has 0 aromatic heterocycles. The highest BCUT2D eigenvalue weighted by Crippen LogP contribution is 2.08. The minimum Gasteiger partial charge on any atom is -0.374 e. The molecule has 1 atom stereocenters. The largest absolute Gasteiger partial charge is 0.374 e. The van der Waals surface area contributed by atoms with Gasteiger partial charge in [-0.05, 0) is 19.3 Å². The number of aliphatic imine (C=N–C) groups is 1. The molecule has 0 saturated carbocycles. The standard InChI is InChI=1S/C16H34N4O3S/c1-5-17-16(18-7-6-10-24(4,21)22)19-11-15-13-20(8-9-23-15)12-14(2)3/h14-15H,5-13H2,1-4H3,(H2,17,18,19). The zero-order valence-corrected chi connectivity index (χ0v) is 16.4. The van der Waals surface area contributed by atoms with E-state index in [0.29, 0.717) is 25.4 Å². The van der Waals surface area contributed by atoms with Crippen molar-refractivity contribution in [3.8, 4) is 0 Å². The molecule has 1 fully saturated rings. The Hall–Kier alpha value is -0.860. The van der Waals surface area contributed by atoms with Crippen LogP contribution < -0.4 is 10.6 Å². The molecule has 1 saturated heterocycles. The van der Waals surface area contributed by atoms with Gasteiger partial charge in [-0.3, -0.25) is 9.89 Å². The summed E-state index contributed by atoms with van der Waals surface area (Å²) in [6.45, 7) is 12.2. The van der Waals surface area contributed by atoms with Crippen LogP contribution in [-0.2, 0) is 14.6 Å². The fourth-order valence-electron chi connectivity index (χ4n) is 2.65. The molecule has 1 rings (SSSR count). The van der Waals surface area contributed by atoms with E-state index in [4.69, 9.17) is 4.74 Å². The van der Waals surface area contributed by atoms with Gasteiger partial charge in [0, 0.05) is 39.0 Å². The van der Waals surface area contributed by atoms with Crippen molar-refractivity contribution in [3.05, 3.63) is 0 Å². The Morgan fingerprint density at radius 2 is 2.12 bits per heavy atom. The third-order valence-electron chi connectivity index (χ3n) is 3.63. The summed E-state index contributed by atoms with van der Waals surface area (Å²) >= 11 is 0. The molecule has 1 aliphatic rings. The van der Waals surface area contributed by atoms with E-state index < -0.39 is 9.84 Å². The second kappa shape index (κ2) is 10.9. The molecule has 1 aliphatic heterocycles. The van der Waals surface area contributed by atoms with Gasteiger partial charge in [0.2, 0.25) is 0 Å². The van der Waals surface area contributed by atoms with Crippen LogP contribution in [0.15, 0.2) is 4.99 Å². The van der Waals surface area contributed by atoms with Crippen LogP contribution in [0.25, 0.3) is 0 Å². The lowest BCUT2D eigenvalue weighted by Crippen LogP contribution is -2.46. The molecule has 0 amide bonds. The Balaban J connectivity index is 2.40. The van der Waals surface area contributed by atoms with E-state index in [-0.39, 0.29) is 11.9 Å². The Morgan fingerprint density at radius 3 is 2.75 bits per heavy atom. The van der Waals surface area contributed by atoms with E-state index in [1.165, 1.54) is 6.26 Å². The van der Waals surface area contributed by atoms with E-state index in [1.807, 2.05) is 6.92 Å². The second-order valence-electron chi connectivity index (χ2n) is 6.78. The number of sulfone groups is 1. The van der Waals surface area contributed by atoms with Gasteiger partial charge in [-0.25, -0.2) is 8.42 Å². The maximum Gasteiger partial charge on any atom is 0.191 e. The van der Waals surface area contributed by atoms with Gasteiger partial charge in [-0.15, -0.1) is 0 Å². The SMILES string of the molecule is CCNC(=NCC1CN(CC(C)C)CCO1)NCCCS(C)(=O)=O. The zero-order chi connectivity index (χ0) is 18.0. The number of guanidine groups is 1. The lowest BCUT2D eigenvalue weighted by molar-refractivity contribution is -0.0261. The lowest BCUT2D eigenvalue weighted by atomic mass is 10.2. The highest BCUT2D eigenvalue weighted by molar-refractivity contribution is 7.90. The highest BCUT2D eigenvalue weighted by atomic mass is 32.2. The third-order valence-corrected chi connectivity index (χ3v) is 4.66. The molecule has 1 unspecified atom stereocenters. The number of morpholine rings is 1. The zero-order valence-electron chi connectivity index (χ0n) is 15.5. The first kappa shape index (κ1) is 21.2. The van der Waals surface area contributed by atoms with Gasteiger partial charge in [0.05, 0.1) is 25.0 Å². The number of rotatable bonds is 9. The van der Waals surface area contributed by atoms with Crippen molar-refractivity contribution in [3.63, 3.8) is 0 Å². The normalized spacial score (nSPS) is 20.4. The second-order valence-corrected chi connectivity index (χ2v) is 9.04. The molecule has 2 N–H and O–H groups in total. The van der Waals surface area contributed by atoms with Crippen molar-refractivity contribution in [2.75, 3.05) is 57.9 Å². The van der Waals surface area contributed by atoms with Crippen LogP contribution in [0.1, 0.15) is 27.2 Å². The number of nitrogens with one attached hydrogen (secondary N) is 2. The van der Waals surface area contributed by atoms with Gasteiger partial charge in [0.25, 0.3) is 0 Å². The minimum atomic E-state index is -2.91. The topological polar surface area (TPSA) is 83.0 Å². The molecule has 142 valence electrons. The molecule has 24 heavy (non-hydrogen) atoms. The predicted octanol–water partition coefficient (Wildman–Crippen LogP) is 0.333. The summed E-state index contributed by atoms with van der Waals surface area (Å²) in [4.78, 5) is 7.01. The van der Waals surface area contributed by atoms with E-state index >= 15 is 0 Å². The molecule has 0 aromatic carbocycles. The molecule has 0 aromatic rings. The molecule has 7 nitrogen and oxygen atoms in total. The minimum absolute atomic E-state index is 0.115. The molecule has 0 bridgehead atoms. The van der Waals surface area contributed by atoms with Crippen LogP contribution >= 0.6 is 0 Å².